The van der Waals surface area contributed by atoms with E-state index < -0.39 is 17.3 Å². The van der Waals surface area contributed by atoms with Crippen LogP contribution in [0.15, 0.2) is 12.1 Å². The summed E-state index contributed by atoms with van der Waals surface area (Å²) < 4.78 is 12.7. The summed E-state index contributed by atoms with van der Waals surface area (Å²) in [5, 5.41) is 17.8. The van der Waals surface area contributed by atoms with Crippen molar-refractivity contribution in [3.63, 3.8) is 0 Å². The van der Waals surface area contributed by atoms with Gasteiger partial charge in [0.25, 0.3) is 0 Å². The van der Waals surface area contributed by atoms with Crippen molar-refractivity contribution in [3.05, 3.63) is 23.5 Å². The number of hydrogen-bond acceptors (Lipinski definition) is 2. The molecule has 0 aliphatic heterocycles. The van der Waals surface area contributed by atoms with Crippen LogP contribution in [-0.2, 0) is 6.42 Å². The van der Waals surface area contributed by atoms with Crippen LogP contribution in [0.3, 0.4) is 0 Å². The highest BCUT2D eigenvalue weighted by atomic mass is 19.1. The predicted molar refractivity (Wildman–Crippen MR) is 39.1 cm³/mol. The Hall–Kier alpha value is -1.25. The molecule has 0 atom stereocenters. The molecular formula is C8H9FO2. The summed E-state index contributed by atoms with van der Waals surface area (Å²) in [5.41, 5.74) is 0.500. The van der Waals surface area contributed by atoms with Crippen LogP contribution in [0, 0.1) is 5.82 Å². The maximum absolute atomic E-state index is 12.7. The number of phenols is 2. The molecule has 0 aromatic heterocycles. The van der Waals surface area contributed by atoms with Gasteiger partial charge in [0.1, 0.15) is 0 Å². The zero-order valence-electron chi connectivity index (χ0n) is 6.13. The van der Waals surface area contributed by atoms with Crippen LogP contribution in [0.2, 0.25) is 0 Å². The molecule has 0 spiro atoms. The van der Waals surface area contributed by atoms with E-state index in [1.54, 1.807) is 6.92 Å². The molecule has 0 amide bonds. The number of aromatic hydroxyl groups is 2. The molecule has 11 heavy (non-hydrogen) atoms. The Balaban J connectivity index is 3.25. The minimum atomic E-state index is -0.940. The van der Waals surface area contributed by atoms with Crippen molar-refractivity contribution in [1.82, 2.24) is 0 Å². The zero-order chi connectivity index (χ0) is 8.43. The second-order valence-electron chi connectivity index (χ2n) is 2.26. The van der Waals surface area contributed by atoms with Gasteiger partial charge in [-0.3, -0.25) is 0 Å². The lowest BCUT2D eigenvalue weighted by Gasteiger charge is -2.02. The van der Waals surface area contributed by atoms with Crippen LogP contribution >= 0.6 is 0 Å². The van der Waals surface area contributed by atoms with Gasteiger partial charge in [0.2, 0.25) is 5.82 Å². The van der Waals surface area contributed by atoms with Crippen molar-refractivity contribution in [2.45, 2.75) is 13.3 Å². The topological polar surface area (TPSA) is 40.5 Å². The van der Waals surface area contributed by atoms with E-state index in [2.05, 4.69) is 0 Å². The van der Waals surface area contributed by atoms with Gasteiger partial charge < -0.3 is 10.2 Å². The van der Waals surface area contributed by atoms with Gasteiger partial charge in [-0.1, -0.05) is 13.0 Å². The molecule has 1 rings (SSSR count). The first-order chi connectivity index (χ1) is 5.16. The average molecular weight is 156 g/mol. The Kier molecular flexibility index (Phi) is 1.98. The molecule has 0 saturated heterocycles. The number of hydrogen-bond donors (Lipinski definition) is 2. The molecule has 0 saturated carbocycles. The fourth-order valence-corrected chi connectivity index (χ4v) is 0.879. The molecule has 1 aromatic carbocycles. The van der Waals surface area contributed by atoms with Crippen LogP contribution in [0.1, 0.15) is 12.5 Å². The zero-order valence-corrected chi connectivity index (χ0v) is 6.13. The Morgan fingerprint density at radius 3 is 2.55 bits per heavy atom. The predicted octanol–water partition coefficient (Wildman–Crippen LogP) is 1.80. The van der Waals surface area contributed by atoms with Gasteiger partial charge in [0.05, 0.1) is 0 Å². The summed E-state index contributed by atoms with van der Waals surface area (Å²) in [4.78, 5) is 0. The molecule has 3 heteroatoms. The average Bonchev–Trinajstić information content (AvgIpc) is 2.01. The molecule has 0 aliphatic carbocycles. The third-order valence-electron chi connectivity index (χ3n) is 1.56. The van der Waals surface area contributed by atoms with E-state index in [1.165, 1.54) is 12.1 Å². The van der Waals surface area contributed by atoms with Crippen molar-refractivity contribution in [1.29, 1.82) is 0 Å². The summed E-state index contributed by atoms with van der Waals surface area (Å²) in [6.07, 6.45) is 0.545. The first-order valence-corrected chi connectivity index (χ1v) is 3.36. The first kappa shape index (κ1) is 7.85. The van der Waals surface area contributed by atoms with Crippen molar-refractivity contribution >= 4 is 0 Å². The summed E-state index contributed by atoms with van der Waals surface area (Å²) in [5.74, 6) is -1.91. The highest BCUT2D eigenvalue weighted by Crippen LogP contribution is 2.28. The van der Waals surface area contributed by atoms with E-state index in [9.17, 15) is 4.39 Å². The quantitative estimate of drug-likeness (QED) is 0.650. The van der Waals surface area contributed by atoms with E-state index in [-0.39, 0.29) is 0 Å². The first-order valence-electron chi connectivity index (χ1n) is 3.36. The molecule has 0 fully saturated rings. The van der Waals surface area contributed by atoms with Crippen LogP contribution < -0.4 is 0 Å². The Morgan fingerprint density at radius 1 is 1.36 bits per heavy atom. The smallest absolute Gasteiger partial charge is 0.206 e. The summed E-state index contributed by atoms with van der Waals surface area (Å²) in [6.45, 7) is 1.80. The number of halogens is 1. The van der Waals surface area contributed by atoms with E-state index in [0.29, 0.717) is 12.0 Å². The van der Waals surface area contributed by atoms with Gasteiger partial charge in [0, 0.05) is 0 Å². The maximum Gasteiger partial charge on any atom is 0.206 e. The number of rotatable bonds is 1. The lowest BCUT2D eigenvalue weighted by molar-refractivity contribution is 0.385. The molecule has 60 valence electrons. The molecule has 2 nitrogen and oxygen atoms in total. The minimum absolute atomic E-state index is 0.451. The Bertz CT molecular complexity index is 271. The monoisotopic (exact) mass is 156 g/mol. The second kappa shape index (κ2) is 2.78. The highest BCUT2D eigenvalue weighted by Gasteiger charge is 2.09. The number of phenolic OH excluding ortho intramolecular Hbond substituents is 2. The fraction of sp³-hybridized carbons (Fsp3) is 0.250. The molecule has 0 unspecified atom stereocenters. The molecule has 1 aromatic rings. The normalized spacial score (nSPS) is 10.0. The second-order valence-corrected chi connectivity index (χ2v) is 2.26. The van der Waals surface area contributed by atoms with E-state index >= 15 is 0 Å². The highest BCUT2D eigenvalue weighted by molar-refractivity contribution is 5.40. The van der Waals surface area contributed by atoms with Gasteiger partial charge in [-0.25, -0.2) is 0 Å². The summed E-state index contributed by atoms with van der Waals surface area (Å²) in [6, 6.07) is 2.72. The third kappa shape index (κ3) is 1.27. The molecule has 0 radical (unpaired) electrons. The van der Waals surface area contributed by atoms with E-state index in [1.807, 2.05) is 0 Å². The molecular weight excluding hydrogens is 147 g/mol. The summed E-state index contributed by atoms with van der Waals surface area (Å²) >= 11 is 0. The SMILES string of the molecule is CCc1ccc(O)c(F)c1O. The van der Waals surface area contributed by atoms with Gasteiger partial charge in [-0.05, 0) is 18.1 Å². The molecule has 0 aliphatic rings. The van der Waals surface area contributed by atoms with Crippen LogP contribution in [0.25, 0.3) is 0 Å². The molecule has 0 bridgehead atoms. The van der Waals surface area contributed by atoms with Crippen LogP contribution in [0.5, 0.6) is 11.5 Å². The maximum atomic E-state index is 12.7. The van der Waals surface area contributed by atoms with Crippen molar-refractivity contribution in [3.8, 4) is 11.5 Å². The molecule has 0 heterocycles. The summed E-state index contributed by atoms with van der Waals surface area (Å²) in [7, 11) is 0. The fourth-order valence-electron chi connectivity index (χ4n) is 0.879. The Labute approximate surface area is 63.9 Å². The van der Waals surface area contributed by atoms with E-state index in [0.717, 1.165) is 0 Å². The Morgan fingerprint density at radius 2 is 2.00 bits per heavy atom. The van der Waals surface area contributed by atoms with Gasteiger partial charge in [-0.15, -0.1) is 0 Å². The number of aryl methyl sites for hydroxylation is 1. The molecule has 2 N–H and O–H groups in total. The van der Waals surface area contributed by atoms with Crippen LogP contribution in [0.4, 0.5) is 4.39 Å². The number of benzene rings is 1. The largest absolute Gasteiger partial charge is 0.505 e. The lowest BCUT2D eigenvalue weighted by atomic mass is 10.1. The minimum Gasteiger partial charge on any atom is -0.505 e. The van der Waals surface area contributed by atoms with Crippen molar-refractivity contribution in [2.24, 2.45) is 0 Å². The van der Waals surface area contributed by atoms with Gasteiger partial charge in [0.15, 0.2) is 11.5 Å². The van der Waals surface area contributed by atoms with Crippen molar-refractivity contribution in [2.75, 3.05) is 0 Å². The van der Waals surface area contributed by atoms with Crippen molar-refractivity contribution < 1.29 is 14.6 Å². The lowest BCUT2D eigenvalue weighted by Crippen LogP contribution is -1.85. The third-order valence-corrected chi connectivity index (χ3v) is 1.56. The van der Waals surface area contributed by atoms with Crippen LogP contribution in [-0.4, -0.2) is 10.2 Å². The standard InChI is InChI=1S/C8H9FO2/c1-2-5-3-4-6(10)7(9)8(5)11/h3-4,10-11H,2H2,1H3. The van der Waals surface area contributed by atoms with Gasteiger partial charge >= 0.3 is 0 Å². The van der Waals surface area contributed by atoms with E-state index in [4.69, 9.17) is 10.2 Å². The van der Waals surface area contributed by atoms with Gasteiger partial charge in [-0.2, -0.15) is 4.39 Å².